The van der Waals surface area contributed by atoms with Gasteiger partial charge in [-0.2, -0.15) is 4.98 Å². The van der Waals surface area contributed by atoms with E-state index in [9.17, 15) is 0 Å². The van der Waals surface area contributed by atoms with Crippen molar-refractivity contribution in [3.8, 4) is 0 Å². The molecule has 0 saturated carbocycles. The third-order valence-electron chi connectivity index (χ3n) is 5.86. The number of aromatic nitrogens is 2. The Morgan fingerprint density at radius 2 is 1.42 bits per heavy atom. The summed E-state index contributed by atoms with van der Waals surface area (Å²) in [5.74, 6) is 1.70. The molecule has 156 valence electrons. The van der Waals surface area contributed by atoms with Crippen LogP contribution >= 0.6 is 0 Å². The van der Waals surface area contributed by atoms with E-state index in [1.54, 1.807) is 0 Å². The van der Waals surface area contributed by atoms with E-state index < -0.39 is 0 Å². The highest BCUT2D eigenvalue weighted by Gasteiger charge is 2.20. The molecule has 0 bridgehead atoms. The fraction of sp³-hybridized carbons (Fsp3) is 0.231. The number of fused-ring (bicyclic) bond motifs is 1. The summed E-state index contributed by atoms with van der Waals surface area (Å²) in [6.07, 6.45) is 0. The topological polar surface area (TPSA) is 44.3 Å². The van der Waals surface area contributed by atoms with Gasteiger partial charge in [0.15, 0.2) is 0 Å². The normalized spacial score (nSPS) is 14.1. The van der Waals surface area contributed by atoms with Crippen LogP contribution in [0.15, 0.2) is 78.9 Å². The van der Waals surface area contributed by atoms with Crippen LogP contribution in [0.25, 0.3) is 10.9 Å². The maximum absolute atomic E-state index is 4.94. The first-order chi connectivity index (χ1) is 15.3. The Morgan fingerprint density at radius 3 is 2.19 bits per heavy atom. The van der Waals surface area contributed by atoms with Gasteiger partial charge in [0.1, 0.15) is 5.82 Å². The van der Waals surface area contributed by atoms with Crippen molar-refractivity contribution >= 4 is 28.4 Å². The Labute approximate surface area is 183 Å². The van der Waals surface area contributed by atoms with Crippen LogP contribution in [0.1, 0.15) is 11.1 Å². The lowest BCUT2D eigenvalue weighted by Gasteiger charge is -2.36. The van der Waals surface area contributed by atoms with Crippen LogP contribution in [0.4, 0.5) is 17.5 Å². The SMILES string of the molecule is Cc1ccc(CNc2nc(N3CCN(c4ccccc4)CC3)nc3ccccc23)cc1. The van der Waals surface area contributed by atoms with Crippen LogP contribution in [0.5, 0.6) is 0 Å². The van der Waals surface area contributed by atoms with Gasteiger partial charge in [0, 0.05) is 43.8 Å². The molecule has 1 aliphatic heterocycles. The molecule has 3 aromatic carbocycles. The molecule has 0 spiro atoms. The van der Waals surface area contributed by atoms with Crippen LogP contribution in [0.3, 0.4) is 0 Å². The number of hydrogen-bond acceptors (Lipinski definition) is 5. The summed E-state index contributed by atoms with van der Waals surface area (Å²) in [6.45, 7) is 6.59. The summed E-state index contributed by atoms with van der Waals surface area (Å²) in [7, 11) is 0. The van der Waals surface area contributed by atoms with Crippen LogP contribution in [0.2, 0.25) is 0 Å². The molecule has 5 nitrogen and oxygen atoms in total. The first kappa shape index (κ1) is 19.4. The van der Waals surface area contributed by atoms with Gasteiger partial charge >= 0.3 is 0 Å². The first-order valence-corrected chi connectivity index (χ1v) is 10.9. The van der Waals surface area contributed by atoms with E-state index in [0.717, 1.165) is 55.4 Å². The Bertz CT molecular complexity index is 1150. The zero-order valence-corrected chi connectivity index (χ0v) is 17.8. The van der Waals surface area contributed by atoms with Gasteiger partial charge < -0.3 is 15.1 Å². The van der Waals surface area contributed by atoms with E-state index in [-0.39, 0.29) is 0 Å². The van der Waals surface area contributed by atoms with E-state index in [1.165, 1.54) is 16.8 Å². The molecular formula is C26H27N5. The number of anilines is 3. The van der Waals surface area contributed by atoms with Gasteiger partial charge in [-0.3, -0.25) is 0 Å². The van der Waals surface area contributed by atoms with Gasteiger partial charge in [-0.05, 0) is 36.8 Å². The van der Waals surface area contributed by atoms with E-state index in [0.29, 0.717) is 0 Å². The molecule has 0 aliphatic carbocycles. The lowest BCUT2D eigenvalue weighted by molar-refractivity contribution is 0.641. The first-order valence-electron chi connectivity index (χ1n) is 10.9. The fourth-order valence-corrected chi connectivity index (χ4v) is 4.04. The Kier molecular flexibility index (Phi) is 5.40. The number of hydrogen-bond donors (Lipinski definition) is 1. The molecule has 5 heteroatoms. The molecule has 1 aromatic heterocycles. The van der Waals surface area contributed by atoms with Crippen molar-refractivity contribution < 1.29 is 0 Å². The zero-order valence-electron chi connectivity index (χ0n) is 17.8. The molecule has 0 atom stereocenters. The average Bonchev–Trinajstić information content (AvgIpc) is 2.84. The van der Waals surface area contributed by atoms with Crippen molar-refractivity contribution in [1.29, 1.82) is 0 Å². The van der Waals surface area contributed by atoms with Crippen LogP contribution < -0.4 is 15.1 Å². The van der Waals surface area contributed by atoms with Crippen LogP contribution in [-0.4, -0.2) is 36.1 Å². The fourth-order valence-electron chi connectivity index (χ4n) is 4.04. The van der Waals surface area contributed by atoms with Crippen molar-refractivity contribution in [3.05, 3.63) is 90.0 Å². The molecular weight excluding hydrogens is 382 g/mol. The highest BCUT2D eigenvalue weighted by atomic mass is 15.3. The largest absolute Gasteiger partial charge is 0.368 e. The predicted molar refractivity (Wildman–Crippen MR) is 129 cm³/mol. The summed E-state index contributed by atoms with van der Waals surface area (Å²) in [4.78, 5) is 14.5. The number of benzene rings is 3. The summed E-state index contributed by atoms with van der Waals surface area (Å²) >= 11 is 0. The predicted octanol–water partition coefficient (Wildman–Crippen LogP) is 4.88. The number of rotatable bonds is 5. The second kappa shape index (κ2) is 8.64. The molecule has 1 fully saturated rings. The smallest absolute Gasteiger partial charge is 0.228 e. The number of nitrogens with zero attached hydrogens (tertiary/aromatic N) is 4. The lowest BCUT2D eigenvalue weighted by Crippen LogP contribution is -2.47. The summed E-state index contributed by atoms with van der Waals surface area (Å²) in [5, 5.41) is 4.61. The molecule has 1 saturated heterocycles. The average molecular weight is 410 g/mol. The number of aryl methyl sites for hydroxylation is 1. The van der Waals surface area contributed by atoms with E-state index in [1.807, 2.05) is 12.1 Å². The molecule has 0 radical (unpaired) electrons. The van der Waals surface area contributed by atoms with Crippen molar-refractivity contribution in [2.75, 3.05) is 41.3 Å². The monoisotopic (exact) mass is 409 g/mol. The summed E-state index contributed by atoms with van der Waals surface area (Å²) < 4.78 is 0. The van der Waals surface area contributed by atoms with Crippen molar-refractivity contribution in [2.45, 2.75) is 13.5 Å². The summed E-state index contributed by atoms with van der Waals surface area (Å²) in [6, 6.07) is 27.5. The van der Waals surface area contributed by atoms with Crippen molar-refractivity contribution in [2.24, 2.45) is 0 Å². The summed E-state index contributed by atoms with van der Waals surface area (Å²) in [5.41, 5.74) is 4.77. The second-order valence-electron chi connectivity index (χ2n) is 8.04. The number of piperazine rings is 1. The molecule has 0 amide bonds. The molecule has 1 N–H and O–H groups in total. The third kappa shape index (κ3) is 4.31. The molecule has 4 aromatic rings. The molecule has 1 aliphatic rings. The zero-order chi connectivity index (χ0) is 21.0. The van der Waals surface area contributed by atoms with E-state index in [2.05, 4.69) is 88.8 Å². The maximum Gasteiger partial charge on any atom is 0.228 e. The van der Waals surface area contributed by atoms with Gasteiger partial charge in [0.25, 0.3) is 0 Å². The minimum absolute atomic E-state index is 0.739. The molecule has 2 heterocycles. The third-order valence-corrected chi connectivity index (χ3v) is 5.86. The lowest BCUT2D eigenvalue weighted by atomic mass is 10.1. The van der Waals surface area contributed by atoms with Crippen molar-refractivity contribution in [1.82, 2.24) is 9.97 Å². The highest BCUT2D eigenvalue weighted by Crippen LogP contribution is 2.25. The van der Waals surface area contributed by atoms with E-state index >= 15 is 0 Å². The molecule has 31 heavy (non-hydrogen) atoms. The van der Waals surface area contributed by atoms with Gasteiger partial charge in [0.2, 0.25) is 5.95 Å². The van der Waals surface area contributed by atoms with Crippen LogP contribution in [-0.2, 0) is 6.54 Å². The van der Waals surface area contributed by atoms with Gasteiger partial charge in [-0.15, -0.1) is 0 Å². The second-order valence-corrected chi connectivity index (χ2v) is 8.04. The minimum atomic E-state index is 0.739. The van der Waals surface area contributed by atoms with Crippen molar-refractivity contribution in [3.63, 3.8) is 0 Å². The van der Waals surface area contributed by atoms with E-state index in [4.69, 9.17) is 9.97 Å². The number of nitrogens with one attached hydrogen (secondary N) is 1. The highest BCUT2D eigenvalue weighted by molar-refractivity contribution is 5.90. The minimum Gasteiger partial charge on any atom is -0.368 e. The Morgan fingerprint density at radius 1 is 0.742 bits per heavy atom. The van der Waals surface area contributed by atoms with Gasteiger partial charge in [-0.1, -0.05) is 60.2 Å². The van der Waals surface area contributed by atoms with Gasteiger partial charge in [0.05, 0.1) is 5.52 Å². The maximum atomic E-state index is 4.94. The Balaban J connectivity index is 1.36. The Hall–Kier alpha value is -3.60. The number of para-hydroxylation sites is 2. The molecule has 5 rings (SSSR count). The van der Waals surface area contributed by atoms with Crippen LogP contribution in [0, 0.1) is 6.92 Å². The molecule has 0 unspecified atom stereocenters. The van der Waals surface area contributed by atoms with Gasteiger partial charge in [-0.25, -0.2) is 4.98 Å². The standard InChI is InChI=1S/C26H27N5/c1-20-11-13-21(14-12-20)19-27-25-23-9-5-6-10-24(23)28-26(29-25)31-17-15-30(16-18-31)22-7-3-2-4-8-22/h2-14H,15-19H2,1H3,(H,27,28,29). The quantitative estimate of drug-likeness (QED) is 0.509.